The van der Waals surface area contributed by atoms with E-state index in [1.54, 1.807) is 23.8 Å². The Morgan fingerprint density at radius 3 is 2.02 bits per heavy atom. The zero-order valence-corrected chi connectivity index (χ0v) is 34.1. The van der Waals surface area contributed by atoms with Gasteiger partial charge in [0.25, 0.3) is 0 Å². The van der Waals surface area contributed by atoms with Crippen LogP contribution in [-0.2, 0) is 39.9 Å². The summed E-state index contributed by atoms with van der Waals surface area (Å²) in [7, 11) is 8.44. The minimum Gasteiger partial charge on any atom is -0.480 e. The second-order valence-corrected chi connectivity index (χ2v) is 15.6. The number of nitrogens with zero attached hydrogens (tertiary/aromatic N) is 3. The summed E-state index contributed by atoms with van der Waals surface area (Å²) >= 11 is 0. The van der Waals surface area contributed by atoms with Gasteiger partial charge in [0.1, 0.15) is 12.1 Å². The number of carboxylic acids is 1. The van der Waals surface area contributed by atoms with Crippen molar-refractivity contribution in [2.24, 2.45) is 23.7 Å². The molecule has 0 saturated carbocycles. The van der Waals surface area contributed by atoms with E-state index in [0.29, 0.717) is 19.4 Å². The zero-order valence-electron chi connectivity index (χ0n) is 34.1. The van der Waals surface area contributed by atoms with Gasteiger partial charge in [0.05, 0.1) is 42.7 Å². The third kappa shape index (κ3) is 12.2. The number of methoxy groups -OCH3 is 2. The van der Waals surface area contributed by atoms with Crippen LogP contribution in [0.1, 0.15) is 79.7 Å². The highest BCUT2D eigenvalue weighted by molar-refractivity contribution is 5.90. The molecule has 53 heavy (non-hydrogen) atoms. The lowest BCUT2D eigenvalue weighted by molar-refractivity contribution is -0.148. The molecule has 0 aromatic heterocycles. The molecular weight excluding hydrogens is 678 g/mol. The fourth-order valence-corrected chi connectivity index (χ4v) is 7.76. The van der Waals surface area contributed by atoms with Gasteiger partial charge < -0.3 is 35.0 Å². The summed E-state index contributed by atoms with van der Waals surface area (Å²) in [6, 6.07) is 5.89. The predicted octanol–water partition coefficient (Wildman–Crippen LogP) is 3.45. The van der Waals surface area contributed by atoms with Crippen molar-refractivity contribution in [2.45, 2.75) is 123 Å². The molecule has 1 saturated heterocycles. The van der Waals surface area contributed by atoms with E-state index < -0.39 is 60.2 Å². The summed E-state index contributed by atoms with van der Waals surface area (Å²) in [5.74, 6) is -3.21. The van der Waals surface area contributed by atoms with E-state index in [1.807, 2.05) is 90.9 Å². The lowest BCUT2D eigenvalue weighted by Gasteiger charge is -2.41. The highest BCUT2D eigenvalue weighted by Crippen LogP contribution is 2.30. The van der Waals surface area contributed by atoms with Crippen LogP contribution >= 0.6 is 0 Å². The van der Waals surface area contributed by atoms with Gasteiger partial charge in [0, 0.05) is 34.2 Å². The first-order chi connectivity index (χ1) is 24.9. The van der Waals surface area contributed by atoms with Crippen molar-refractivity contribution in [1.82, 2.24) is 25.3 Å². The standard InChI is InChI=1S/C40H67N5O8/c1-13-26(6)35(44(10)39(49)33(24(2)3)42-38(48)34(25(4)5)43(8)9)31(52-11)23-32(46)45-21-17-20-30(45)36(53-12)27(7)37(47)41-29(40(50)51)22-28-18-15-14-16-19-28/h14-16,18-19,24-27,29-31,33-36H,13,17,20-23H2,1-12H3,(H,41,47)(H,42,48)(H,50,51)/t26?,27?,29-,30?,31?,33?,34?,35?,36?/m0/s1. The number of likely N-dealkylation sites (N-methyl/N-ethyl adjacent to an activating group) is 2. The quantitative estimate of drug-likeness (QED) is 0.172. The highest BCUT2D eigenvalue weighted by Gasteiger charge is 2.43. The number of carbonyl (C=O) groups excluding carboxylic acids is 4. The van der Waals surface area contributed by atoms with Crippen molar-refractivity contribution >= 4 is 29.6 Å². The molecule has 1 aromatic carbocycles. The van der Waals surface area contributed by atoms with Crippen molar-refractivity contribution in [3.05, 3.63) is 35.9 Å². The Kier molecular flexibility index (Phi) is 18.4. The minimum absolute atomic E-state index is 0.0104. The number of likely N-dealkylation sites (tertiary alicyclic amines) is 1. The molecule has 8 unspecified atom stereocenters. The Morgan fingerprint density at radius 1 is 0.906 bits per heavy atom. The molecule has 1 aliphatic rings. The van der Waals surface area contributed by atoms with Gasteiger partial charge in [0.15, 0.2) is 0 Å². The molecule has 13 heteroatoms. The average molecular weight is 746 g/mol. The van der Waals surface area contributed by atoms with Crippen LogP contribution in [0.2, 0.25) is 0 Å². The van der Waals surface area contributed by atoms with E-state index in [4.69, 9.17) is 9.47 Å². The highest BCUT2D eigenvalue weighted by atomic mass is 16.5. The molecule has 0 bridgehead atoms. The van der Waals surface area contributed by atoms with E-state index in [1.165, 1.54) is 14.2 Å². The van der Waals surface area contributed by atoms with Gasteiger partial charge >= 0.3 is 5.97 Å². The first kappa shape index (κ1) is 45.6. The summed E-state index contributed by atoms with van der Waals surface area (Å²) in [5, 5.41) is 15.6. The molecule has 4 amide bonds. The van der Waals surface area contributed by atoms with Crippen LogP contribution in [0.4, 0.5) is 0 Å². The average Bonchev–Trinajstić information content (AvgIpc) is 3.59. The SMILES string of the molecule is CCC(C)C(C(CC(=O)N1CCCC1C(OC)C(C)C(=O)N[C@@H](Cc1ccccc1)C(=O)O)OC)N(C)C(=O)C(NC(=O)C(C(C)C)N(C)C)C(C)C. The lowest BCUT2D eigenvalue weighted by atomic mass is 9.89. The number of hydrogen-bond donors (Lipinski definition) is 3. The number of carbonyl (C=O) groups is 5. The van der Waals surface area contributed by atoms with Crippen LogP contribution in [0.25, 0.3) is 0 Å². The van der Waals surface area contributed by atoms with E-state index in [-0.39, 0.29) is 48.3 Å². The maximum atomic E-state index is 14.2. The van der Waals surface area contributed by atoms with Crippen LogP contribution in [0, 0.1) is 23.7 Å². The first-order valence-corrected chi connectivity index (χ1v) is 19.1. The Balaban J connectivity index is 2.27. The Labute approximate surface area is 317 Å². The number of hydrogen-bond acceptors (Lipinski definition) is 8. The smallest absolute Gasteiger partial charge is 0.326 e. The molecule has 0 radical (unpaired) electrons. The van der Waals surface area contributed by atoms with Crippen molar-refractivity contribution in [3.8, 4) is 0 Å². The van der Waals surface area contributed by atoms with Gasteiger partial charge in [-0.25, -0.2) is 4.79 Å². The predicted molar refractivity (Wildman–Crippen MR) is 205 cm³/mol. The third-order valence-electron chi connectivity index (χ3n) is 10.8. The van der Waals surface area contributed by atoms with Crippen LogP contribution in [-0.4, -0.2) is 134 Å². The Morgan fingerprint density at radius 2 is 1.53 bits per heavy atom. The second kappa shape index (κ2) is 21.4. The fourth-order valence-electron chi connectivity index (χ4n) is 7.76. The largest absolute Gasteiger partial charge is 0.480 e. The minimum atomic E-state index is -1.14. The van der Waals surface area contributed by atoms with Gasteiger partial charge in [-0.3, -0.25) is 24.1 Å². The second-order valence-electron chi connectivity index (χ2n) is 15.6. The molecule has 1 aliphatic heterocycles. The van der Waals surface area contributed by atoms with Crippen LogP contribution in [0.3, 0.4) is 0 Å². The Bertz CT molecular complexity index is 1330. The molecule has 0 spiro atoms. The maximum absolute atomic E-state index is 14.2. The summed E-state index contributed by atoms with van der Waals surface area (Å²) in [6.07, 6.45) is 0.820. The topological polar surface area (TPSA) is 158 Å². The lowest BCUT2D eigenvalue weighted by Crippen LogP contribution is -2.59. The maximum Gasteiger partial charge on any atom is 0.326 e. The number of benzene rings is 1. The number of rotatable bonds is 21. The van der Waals surface area contributed by atoms with Crippen molar-refractivity contribution < 1.29 is 38.6 Å². The molecule has 1 fully saturated rings. The molecule has 13 nitrogen and oxygen atoms in total. The number of carboxylic acid groups (broad SMARTS) is 1. The van der Waals surface area contributed by atoms with Gasteiger partial charge in [-0.1, -0.05) is 85.2 Å². The fraction of sp³-hybridized carbons (Fsp3) is 0.725. The molecule has 9 atom stereocenters. The first-order valence-electron chi connectivity index (χ1n) is 19.1. The van der Waals surface area contributed by atoms with Gasteiger partial charge in [-0.05, 0) is 50.3 Å². The normalized spacial score (nSPS) is 19.2. The summed E-state index contributed by atoms with van der Waals surface area (Å²) in [6.45, 7) is 13.9. The van der Waals surface area contributed by atoms with Crippen LogP contribution in [0.5, 0.6) is 0 Å². The number of nitrogens with one attached hydrogen (secondary N) is 2. The van der Waals surface area contributed by atoms with E-state index >= 15 is 0 Å². The third-order valence-corrected chi connectivity index (χ3v) is 10.8. The summed E-state index contributed by atoms with van der Waals surface area (Å²) in [4.78, 5) is 72.5. The summed E-state index contributed by atoms with van der Waals surface area (Å²) < 4.78 is 11.9. The van der Waals surface area contributed by atoms with E-state index in [0.717, 1.165) is 12.0 Å². The monoisotopic (exact) mass is 745 g/mol. The molecule has 300 valence electrons. The molecule has 1 aromatic rings. The molecule has 1 heterocycles. The van der Waals surface area contributed by atoms with Crippen LogP contribution < -0.4 is 10.6 Å². The van der Waals surface area contributed by atoms with Gasteiger partial charge in [-0.15, -0.1) is 0 Å². The zero-order chi connectivity index (χ0) is 40.2. The van der Waals surface area contributed by atoms with E-state index in [9.17, 15) is 29.1 Å². The van der Waals surface area contributed by atoms with Crippen LogP contribution in [0.15, 0.2) is 30.3 Å². The molecule has 2 rings (SSSR count). The number of ether oxygens (including phenoxy) is 2. The number of aliphatic carboxylic acids is 1. The van der Waals surface area contributed by atoms with Crippen molar-refractivity contribution in [2.75, 3.05) is 41.9 Å². The van der Waals surface area contributed by atoms with Gasteiger partial charge in [-0.2, -0.15) is 0 Å². The molecule has 3 N–H and O–H groups in total. The van der Waals surface area contributed by atoms with Crippen molar-refractivity contribution in [1.29, 1.82) is 0 Å². The number of amides is 4. The Hall–Kier alpha value is -3.55. The van der Waals surface area contributed by atoms with E-state index in [2.05, 4.69) is 10.6 Å². The van der Waals surface area contributed by atoms with Crippen molar-refractivity contribution in [3.63, 3.8) is 0 Å². The molecule has 0 aliphatic carbocycles. The van der Waals surface area contributed by atoms with Gasteiger partial charge in [0.2, 0.25) is 23.6 Å². The molecular formula is C40H67N5O8. The summed E-state index contributed by atoms with van der Waals surface area (Å²) in [5.41, 5.74) is 0.785.